The molecule has 0 aliphatic heterocycles. The van der Waals surface area contributed by atoms with Crippen LogP contribution in [0.4, 0.5) is 4.39 Å². The molecule has 3 aromatic rings. The first-order chi connectivity index (χ1) is 10.1. The maximum Gasteiger partial charge on any atom is 0.130 e. The third kappa shape index (κ3) is 2.93. The smallest absolute Gasteiger partial charge is 0.130 e. The number of hydrogen-bond acceptors (Lipinski definition) is 0. The molecule has 0 radical (unpaired) electrons. The van der Waals surface area contributed by atoms with Crippen LogP contribution in [0.25, 0.3) is 10.8 Å². The van der Waals surface area contributed by atoms with Gasteiger partial charge in [0.1, 0.15) is 5.82 Å². The Morgan fingerprint density at radius 1 is 0.952 bits per heavy atom. The van der Waals surface area contributed by atoms with Gasteiger partial charge in [-0.2, -0.15) is 0 Å². The van der Waals surface area contributed by atoms with Gasteiger partial charge in [-0.05, 0) is 35.2 Å². The van der Waals surface area contributed by atoms with Crippen LogP contribution in [0.3, 0.4) is 0 Å². The highest BCUT2D eigenvalue weighted by atomic mass is 35.5. The van der Waals surface area contributed by atoms with E-state index in [9.17, 15) is 4.39 Å². The number of aryl methyl sites for hydroxylation is 1. The molecular formula is C19H16ClF. The molecule has 0 N–H and O–H groups in total. The largest absolute Gasteiger partial charge is 0.206 e. The molecule has 0 fully saturated rings. The van der Waals surface area contributed by atoms with Gasteiger partial charge in [-0.15, -0.1) is 11.6 Å². The Kier molecular flexibility index (Phi) is 3.94. The quantitative estimate of drug-likeness (QED) is 0.535. The van der Waals surface area contributed by atoms with E-state index in [2.05, 4.69) is 30.3 Å². The first kappa shape index (κ1) is 14.1. The van der Waals surface area contributed by atoms with Gasteiger partial charge >= 0.3 is 0 Å². The summed E-state index contributed by atoms with van der Waals surface area (Å²) < 4.78 is 14.1. The number of rotatable bonds is 3. The van der Waals surface area contributed by atoms with Crippen molar-refractivity contribution in [2.45, 2.75) is 18.7 Å². The van der Waals surface area contributed by atoms with E-state index in [0.717, 1.165) is 5.56 Å². The van der Waals surface area contributed by atoms with Gasteiger partial charge in [0.2, 0.25) is 0 Å². The Morgan fingerprint density at radius 2 is 1.71 bits per heavy atom. The molecule has 3 rings (SSSR count). The predicted octanol–water partition coefficient (Wildman–Crippen LogP) is 5.81. The molecule has 0 nitrogen and oxygen atoms in total. The number of benzene rings is 3. The minimum absolute atomic E-state index is 0.196. The van der Waals surface area contributed by atoms with Gasteiger partial charge in [0.25, 0.3) is 0 Å². The maximum absolute atomic E-state index is 14.1. The number of alkyl halides is 1. The number of hydrogen-bond donors (Lipinski definition) is 0. The highest BCUT2D eigenvalue weighted by molar-refractivity contribution is 6.21. The van der Waals surface area contributed by atoms with Crippen LogP contribution in [0.1, 0.15) is 22.1 Å². The van der Waals surface area contributed by atoms with Crippen molar-refractivity contribution in [3.63, 3.8) is 0 Å². The fourth-order valence-electron chi connectivity index (χ4n) is 2.59. The molecule has 0 spiro atoms. The molecule has 0 amide bonds. The van der Waals surface area contributed by atoms with Crippen molar-refractivity contribution in [1.29, 1.82) is 0 Å². The van der Waals surface area contributed by atoms with E-state index >= 15 is 0 Å². The second kappa shape index (κ2) is 5.87. The Hall–Kier alpha value is -1.86. The van der Waals surface area contributed by atoms with Crippen LogP contribution in [-0.4, -0.2) is 0 Å². The summed E-state index contributed by atoms with van der Waals surface area (Å²) in [7, 11) is 0. The van der Waals surface area contributed by atoms with Crippen molar-refractivity contribution < 1.29 is 4.39 Å². The van der Waals surface area contributed by atoms with Crippen molar-refractivity contribution in [1.82, 2.24) is 0 Å². The molecule has 106 valence electrons. The highest BCUT2D eigenvalue weighted by Gasteiger charge is 2.15. The molecular weight excluding hydrogens is 283 g/mol. The van der Waals surface area contributed by atoms with E-state index in [-0.39, 0.29) is 11.2 Å². The molecule has 0 saturated carbocycles. The van der Waals surface area contributed by atoms with Gasteiger partial charge < -0.3 is 0 Å². The van der Waals surface area contributed by atoms with E-state index in [0.29, 0.717) is 17.5 Å². The molecule has 21 heavy (non-hydrogen) atoms. The van der Waals surface area contributed by atoms with Crippen molar-refractivity contribution in [2.24, 2.45) is 0 Å². The lowest BCUT2D eigenvalue weighted by Crippen LogP contribution is -2.00. The second-order valence-corrected chi connectivity index (χ2v) is 5.86. The summed E-state index contributed by atoms with van der Waals surface area (Å²) >= 11 is 6.43. The Morgan fingerprint density at radius 3 is 2.52 bits per heavy atom. The average Bonchev–Trinajstić information content (AvgIpc) is 2.50. The van der Waals surface area contributed by atoms with E-state index in [1.54, 1.807) is 19.1 Å². The zero-order valence-corrected chi connectivity index (χ0v) is 12.6. The van der Waals surface area contributed by atoms with Crippen molar-refractivity contribution in [3.8, 4) is 0 Å². The Balaban J connectivity index is 1.89. The van der Waals surface area contributed by atoms with Crippen LogP contribution in [0.15, 0.2) is 60.7 Å². The first-order valence-electron chi connectivity index (χ1n) is 7.02. The van der Waals surface area contributed by atoms with Gasteiger partial charge in [-0.1, -0.05) is 60.7 Å². The highest BCUT2D eigenvalue weighted by Crippen LogP contribution is 2.29. The van der Waals surface area contributed by atoms with Crippen molar-refractivity contribution in [3.05, 3.63) is 83.2 Å². The molecule has 3 aromatic carbocycles. The summed E-state index contributed by atoms with van der Waals surface area (Å²) in [5.74, 6) is -0.196. The lowest BCUT2D eigenvalue weighted by atomic mass is 9.99. The average molecular weight is 299 g/mol. The van der Waals surface area contributed by atoms with Gasteiger partial charge in [-0.3, -0.25) is 0 Å². The summed E-state index contributed by atoms with van der Waals surface area (Å²) in [6.07, 6.45) is 0.618. The summed E-state index contributed by atoms with van der Waals surface area (Å²) in [6, 6.07) is 19.8. The summed E-state index contributed by atoms with van der Waals surface area (Å²) in [5.41, 5.74) is 2.33. The second-order valence-electron chi connectivity index (χ2n) is 5.33. The number of halogens is 2. The van der Waals surface area contributed by atoms with Crippen LogP contribution >= 0.6 is 11.6 Å². The fraction of sp³-hybridized carbons (Fsp3) is 0.158. The Labute approximate surface area is 129 Å². The zero-order chi connectivity index (χ0) is 14.8. The molecule has 1 unspecified atom stereocenters. The maximum atomic E-state index is 14.1. The van der Waals surface area contributed by atoms with Crippen LogP contribution < -0.4 is 0 Å². The summed E-state index contributed by atoms with van der Waals surface area (Å²) in [4.78, 5) is 0. The molecule has 0 aliphatic carbocycles. The Bertz CT molecular complexity index is 779. The van der Waals surface area contributed by atoms with Gasteiger partial charge in [0, 0.05) is 5.56 Å². The third-order valence-electron chi connectivity index (χ3n) is 3.79. The minimum Gasteiger partial charge on any atom is -0.206 e. The fourth-order valence-corrected chi connectivity index (χ4v) is 2.94. The third-order valence-corrected chi connectivity index (χ3v) is 4.18. The van der Waals surface area contributed by atoms with E-state index in [1.807, 2.05) is 18.2 Å². The number of fused-ring (bicyclic) bond motifs is 1. The molecule has 0 saturated heterocycles. The van der Waals surface area contributed by atoms with E-state index < -0.39 is 0 Å². The van der Waals surface area contributed by atoms with Crippen molar-refractivity contribution in [2.75, 3.05) is 0 Å². The van der Waals surface area contributed by atoms with E-state index in [4.69, 9.17) is 11.6 Å². The van der Waals surface area contributed by atoms with Crippen LogP contribution in [0.5, 0.6) is 0 Å². The lowest BCUT2D eigenvalue weighted by molar-refractivity contribution is 0.597. The summed E-state index contributed by atoms with van der Waals surface area (Å²) in [6.45, 7) is 1.76. The van der Waals surface area contributed by atoms with Gasteiger partial charge in [-0.25, -0.2) is 4.39 Å². The molecule has 2 heteroatoms. The molecule has 0 aromatic heterocycles. The topological polar surface area (TPSA) is 0 Å². The lowest BCUT2D eigenvalue weighted by Gasteiger charge is -2.13. The summed E-state index contributed by atoms with van der Waals surface area (Å²) in [5, 5.41) is 2.03. The normalized spacial score (nSPS) is 12.5. The van der Waals surface area contributed by atoms with E-state index in [1.165, 1.54) is 10.8 Å². The standard InChI is InChI=1S/C19H16ClF/c1-13-5-4-8-17(19(13)21)18(20)12-14-9-10-15-6-2-3-7-16(15)11-14/h2-11,18H,12H2,1H3. The SMILES string of the molecule is Cc1cccc(C(Cl)Cc2ccc3ccccc3c2)c1F. The zero-order valence-electron chi connectivity index (χ0n) is 11.8. The molecule has 0 heterocycles. The van der Waals surface area contributed by atoms with Crippen LogP contribution in [0.2, 0.25) is 0 Å². The first-order valence-corrected chi connectivity index (χ1v) is 7.45. The van der Waals surface area contributed by atoms with Crippen LogP contribution in [-0.2, 0) is 6.42 Å². The molecule has 1 atom stereocenters. The predicted molar refractivity (Wildman–Crippen MR) is 87.4 cm³/mol. The van der Waals surface area contributed by atoms with Gasteiger partial charge in [0.05, 0.1) is 5.38 Å². The van der Waals surface area contributed by atoms with Gasteiger partial charge in [0.15, 0.2) is 0 Å². The monoisotopic (exact) mass is 298 g/mol. The van der Waals surface area contributed by atoms with Crippen LogP contribution in [0, 0.1) is 12.7 Å². The molecule has 0 aliphatic rings. The minimum atomic E-state index is -0.355. The van der Waals surface area contributed by atoms with Crippen molar-refractivity contribution >= 4 is 22.4 Å². The molecule has 0 bridgehead atoms.